The molecule has 0 aliphatic rings. The summed E-state index contributed by atoms with van der Waals surface area (Å²) in [4.78, 5) is 17.3. The van der Waals surface area contributed by atoms with Crippen LogP contribution in [0.1, 0.15) is 16.2 Å². The molecule has 3 aromatic carbocycles. The predicted octanol–water partition coefficient (Wildman–Crippen LogP) is 5.91. The summed E-state index contributed by atoms with van der Waals surface area (Å²) in [5, 5.41) is 7.93. The van der Waals surface area contributed by atoms with Crippen molar-refractivity contribution >= 4 is 39.1 Å². The van der Waals surface area contributed by atoms with Crippen LogP contribution in [0.5, 0.6) is 0 Å². The number of amides is 1. The van der Waals surface area contributed by atoms with Crippen LogP contribution >= 0.6 is 27.5 Å². The number of aryl methyl sites for hydroxylation is 1. The Morgan fingerprint density at radius 1 is 0.966 bits per heavy atom. The minimum atomic E-state index is -0.381. The third kappa shape index (κ3) is 4.39. The van der Waals surface area contributed by atoms with Gasteiger partial charge in [-0.05, 0) is 67.6 Å². The molecule has 0 bridgehead atoms. The molecule has 0 spiro atoms. The monoisotopic (exact) mass is 466 g/mol. The quantitative estimate of drug-likeness (QED) is 0.406. The van der Waals surface area contributed by atoms with E-state index in [1.807, 2.05) is 55.5 Å². The minimum Gasteiger partial charge on any atom is -0.319 e. The molecule has 29 heavy (non-hydrogen) atoms. The van der Waals surface area contributed by atoms with Gasteiger partial charge in [-0.2, -0.15) is 0 Å². The van der Waals surface area contributed by atoms with Crippen molar-refractivity contribution in [2.75, 3.05) is 5.32 Å². The van der Waals surface area contributed by atoms with Gasteiger partial charge >= 0.3 is 0 Å². The predicted molar refractivity (Wildman–Crippen MR) is 119 cm³/mol. The lowest BCUT2D eigenvalue weighted by Crippen LogP contribution is -2.14. The van der Waals surface area contributed by atoms with Crippen LogP contribution in [0, 0.1) is 6.92 Å². The molecule has 0 radical (unpaired) electrons. The van der Waals surface area contributed by atoms with Crippen LogP contribution in [-0.2, 0) is 0 Å². The van der Waals surface area contributed by atoms with Gasteiger partial charge < -0.3 is 5.32 Å². The van der Waals surface area contributed by atoms with Gasteiger partial charge in [-0.1, -0.05) is 45.2 Å². The van der Waals surface area contributed by atoms with Crippen LogP contribution < -0.4 is 5.32 Å². The third-order valence-corrected chi connectivity index (χ3v) is 5.07. The lowest BCUT2D eigenvalue weighted by Gasteiger charge is -2.06. The Balaban J connectivity index is 1.74. The Morgan fingerprint density at radius 2 is 1.62 bits per heavy atom. The zero-order valence-electron chi connectivity index (χ0n) is 15.4. The molecule has 0 unspecified atom stereocenters. The first-order chi connectivity index (χ1) is 14.0. The Kier molecular flexibility index (Phi) is 5.47. The molecule has 4 rings (SSSR count). The van der Waals surface area contributed by atoms with Gasteiger partial charge in [-0.3, -0.25) is 4.79 Å². The number of carbonyl (C=O) groups excluding carboxylic acids is 1. The molecule has 1 heterocycles. The molecule has 0 aliphatic heterocycles. The highest BCUT2D eigenvalue weighted by atomic mass is 79.9. The highest BCUT2D eigenvalue weighted by molar-refractivity contribution is 9.10. The van der Waals surface area contributed by atoms with Crippen molar-refractivity contribution in [3.63, 3.8) is 0 Å². The Morgan fingerprint density at radius 3 is 2.28 bits per heavy atom. The molecule has 1 aromatic heterocycles. The fraction of sp³-hybridized carbons (Fsp3) is 0.0455. The Labute approximate surface area is 181 Å². The van der Waals surface area contributed by atoms with Gasteiger partial charge in [0, 0.05) is 20.7 Å². The highest BCUT2D eigenvalue weighted by Gasteiger charge is 2.19. The second kappa shape index (κ2) is 8.19. The molecule has 1 amide bonds. The summed E-state index contributed by atoms with van der Waals surface area (Å²) < 4.78 is 2.60. The van der Waals surface area contributed by atoms with Crippen LogP contribution in [0.25, 0.3) is 17.1 Å². The van der Waals surface area contributed by atoms with E-state index in [1.54, 1.807) is 28.9 Å². The van der Waals surface area contributed by atoms with Gasteiger partial charge in [-0.15, -0.1) is 5.10 Å². The number of nitrogens with zero attached hydrogens (tertiary/aromatic N) is 3. The molecule has 0 saturated carbocycles. The van der Waals surface area contributed by atoms with E-state index in [0.29, 0.717) is 16.5 Å². The number of rotatable bonds is 4. The van der Waals surface area contributed by atoms with Gasteiger partial charge in [-0.25, -0.2) is 9.67 Å². The second-order valence-corrected chi connectivity index (χ2v) is 7.83. The molecule has 0 atom stereocenters. The number of hydrogen-bond acceptors (Lipinski definition) is 3. The van der Waals surface area contributed by atoms with Crippen molar-refractivity contribution < 1.29 is 4.79 Å². The summed E-state index contributed by atoms with van der Waals surface area (Å²) in [6.45, 7) is 2.02. The first-order valence-corrected chi connectivity index (χ1v) is 10.0. The molecule has 1 N–H and O–H groups in total. The fourth-order valence-electron chi connectivity index (χ4n) is 2.78. The minimum absolute atomic E-state index is 0.0819. The van der Waals surface area contributed by atoms with Crippen molar-refractivity contribution in [1.82, 2.24) is 14.8 Å². The van der Waals surface area contributed by atoms with Gasteiger partial charge in [0.15, 0.2) is 5.82 Å². The van der Waals surface area contributed by atoms with Crippen molar-refractivity contribution in [3.8, 4) is 17.1 Å². The Bertz CT molecular complexity index is 1090. The highest BCUT2D eigenvalue weighted by Crippen LogP contribution is 2.24. The van der Waals surface area contributed by atoms with Gasteiger partial charge in [0.05, 0.1) is 5.69 Å². The van der Waals surface area contributed by atoms with Gasteiger partial charge in [0.25, 0.3) is 5.91 Å². The maximum absolute atomic E-state index is 12.8. The lowest BCUT2D eigenvalue weighted by atomic mass is 10.2. The van der Waals surface area contributed by atoms with Crippen molar-refractivity contribution in [3.05, 3.63) is 93.7 Å². The number of benzene rings is 3. The molecular weight excluding hydrogens is 452 g/mol. The molecule has 0 saturated heterocycles. The van der Waals surface area contributed by atoms with E-state index in [0.717, 1.165) is 21.3 Å². The average molecular weight is 468 g/mol. The van der Waals surface area contributed by atoms with E-state index < -0.39 is 0 Å². The molecule has 0 fully saturated rings. The van der Waals surface area contributed by atoms with Gasteiger partial charge in [0.1, 0.15) is 0 Å². The number of halogens is 2. The zero-order valence-corrected chi connectivity index (χ0v) is 17.8. The lowest BCUT2D eigenvalue weighted by molar-refractivity contribution is 0.101. The summed E-state index contributed by atoms with van der Waals surface area (Å²) >= 11 is 9.40. The smallest absolute Gasteiger partial charge is 0.295 e. The number of nitrogens with one attached hydrogen (secondary N) is 1. The van der Waals surface area contributed by atoms with Crippen LogP contribution in [0.15, 0.2) is 77.3 Å². The van der Waals surface area contributed by atoms with Crippen molar-refractivity contribution in [1.29, 1.82) is 0 Å². The number of hydrogen-bond donors (Lipinski definition) is 1. The maximum Gasteiger partial charge on any atom is 0.295 e. The van der Waals surface area contributed by atoms with E-state index in [-0.39, 0.29) is 11.7 Å². The van der Waals surface area contributed by atoms with E-state index in [4.69, 9.17) is 11.6 Å². The van der Waals surface area contributed by atoms with E-state index >= 15 is 0 Å². The molecular formula is C22H16BrClN4O. The largest absolute Gasteiger partial charge is 0.319 e. The van der Waals surface area contributed by atoms with E-state index in [9.17, 15) is 4.79 Å². The number of anilines is 1. The SMILES string of the molecule is Cc1ccc(-n2nc(C(=O)Nc3ccc(Br)cc3)nc2-c2ccc(Cl)cc2)cc1. The summed E-state index contributed by atoms with van der Waals surface area (Å²) in [6.07, 6.45) is 0. The first-order valence-electron chi connectivity index (χ1n) is 8.86. The molecule has 144 valence electrons. The molecule has 4 aromatic rings. The van der Waals surface area contributed by atoms with E-state index in [1.165, 1.54) is 0 Å². The molecule has 5 nitrogen and oxygen atoms in total. The standard InChI is InChI=1S/C22H16BrClN4O/c1-14-2-12-19(13-3-14)28-21(15-4-8-17(24)9-5-15)26-20(27-28)22(29)25-18-10-6-16(23)7-11-18/h2-13H,1H3,(H,25,29). The summed E-state index contributed by atoms with van der Waals surface area (Å²) in [5.74, 6) is 0.262. The van der Waals surface area contributed by atoms with Crippen LogP contribution in [0.2, 0.25) is 5.02 Å². The number of carbonyl (C=O) groups is 1. The first kappa shape index (κ1) is 19.4. The maximum atomic E-state index is 12.8. The molecule has 7 heteroatoms. The summed E-state index contributed by atoms with van der Waals surface area (Å²) in [7, 11) is 0. The summed E-state index contributed by atoms with van der Waals surface area (Å²) in [6, 6.07) is 22.5. The van der Waals surface area contributed by atoms with E-state index in [2.05, 4.69) is 31.3 Å². The average Bonchev–Trinajstić information content (AvgIpc) is 3.16. The van der Waals surface area contributed by atoms with Gasteiger partial charge in [0.2, 0.25) is 5.82 Å². The van der Waals surface area contributed by atoms with Crippen LogP contribution in [0.3, 0.4) is 0 Å². The van der Waals surface area contributed by atoms with Crippen molar-refractivity contribution in [2.24, 2.45) is 0 Å². The van der Waals surface area contributed by atoms with Crippen LogP contribution in [-0.4, -0.2) is 20.7 Å². The fourth-order valence-corrected chi connectivity index (χ4v) is 3.17. The molecule has 0 aliphatic carbocycles. The normalized spacial score (nSPS) is 10.7. The zero-order chi connectivity index (χ0) is 20.4. The summed E-state index contributed by atoms with van der Waals surface area (Å²) in [5.41, 5.74) is 3.42. The number of aromatic nitrogens is 3. The Hall–Kier alpha value is -2.96. The van der Waals surface area contributed by atoms with Crippen LogP contribution in [0.4, 0.5) is 5.69 Å². The third-order valence-electron chi connectivity index (χ3n) is 4.29. The van der Waals surface area contributed by atoms with Crippen molar-refractivity contribution in [2.45, 2.75) is 6.92 Å². The topological polar surface area (TPSA) is 59.8 Å². The second-order valence-electron chi connectivity index (χ2n) is 6.47.